The van der Waals surface area contributed by atoms with Gasteiger partial charge in [-0.25, -0.2) is 4.98 Å². The van der Waals surface area contributed by atoms with Gasteiger partial charge in [0.15, 0.2) is 11.9 Å². The normalized spacial score (nSPS) is 20.9. The molecule has 168 valence electrons. The summed E-state index contributed by atoms with van der Waals surface area (Å²) in [7, 11) is 1.44. The standard InChI is InChI=1S/C21H24FN7O3/c1-23-21(31)19-25-9-15(18(22)27-19)29-6-4-28(5-7-29)11-13-8-14-16(10-24-13)32-17(12-2-3-12)20(30)26-14/h8-10,12,17H,2-7,11H2,1H3,(H,23,31)(H,26,30)/t17-/m0/s1. The first-order valence-electron chi connectivity index (χ1n) is 10.7. The van der Waals surface area contributed by atoms with Crippen molar-refractivity contribution in [3.63, 3.8) is 0 Å². The Balaban J connectivity index is 1.19. The molecule has 3 aliphatic rings. The predicted molar refractivity (Wildman–Crippen MR) is 113 cm³/mol. The predicted octanol–water partition coefficient (Wildman–Crippen LogP) is 0.802. The molecule has 1 saturated carbocycles. The molecule has 0 unspecified atom stereocenters. The first-order valence-corrected chi connectivity index (χ1v) is 10.7. The summed E-state index contributed by atoms with van der Waals surface area (Å²) >= 11 is 0. The fourth-order valence-electron chi connectivity index (χ4n) is 4.03. The van der Waals surface area contributed by atoms with Crippen LogP contribution in [0.3, 0.4) is 0 Å². The minimum Gasteiger partial charge on any atom is -0.476 e. The molecule has 2 aromatic rings. The van der Waals surface area contributed by atoms with E-state index < -0.39 is 18.0 Å². The van der Waals surface area contributed by atoms with Crippen molar-refractivity contribution in [1.82, 2.24) is 25.2 Å². The SMILES string of the molecule is CNC(=O)c1ncc(N2CCN(Cc3cc4c(cn3)O[C@@H](C3CC3)C(=O)N4)CC2)c(F)n1. The second-order valence-corrected chi connectivity index (χ2v) is 8.25. The summed E-state index contributed by atoms with van der Waals surface area (Å²) in [4.78, 5) is 40.1. The highest BCUT2D eigenvalue weighted by atomic mass is 19.1. The quantitative estimate of drug-likeness (QED) is 0.656. The van der Waals surface area contributed by atoms with Crippen LogP contribution in [0.25, 0.3) is 0 Å². The van der Waals surface area contributed by atoms with Crippen LogP contribution in [0, 0.1) is 11.9 Å². The number of ether oxygens (including phenoxy) is 1. The fourth-order valence-corrected chi connectivity index (χ4v) is 4.03. The Bertz CT molecular complexity index is 1050. The highest BCUT2D eigenvalue weighted by Gasteiger charge is 2.41. The number of pyridine rings is 1. The Morgan fingerprint density at radius 3 is 2.72 bits per heavy atom. The summed E-state index contributed by atoms with van der Waals surface area (Å²) in [5.74, 6) is -0.575. The van der Waals surface area contributed by atoms with E-state index in [0.717, 1.165) is 18.5 Å². The van der Waals surface area contributed by atoms with Crippen molar-refractivity contribution in [2.75, 3.05) is 43.4 Å². The lowest BCUT2D eigenvalue weighted by Gasteiger charge is -2.35. The van der Waals surface area contributed by atoms with Gasteiger partial charge in [-0.2, -0.15) is 9.37 Å². The number of anilines is 2. The van der Waals surface area contributed by atoms with Gasteiger partial charge in [0.2, 0.25) is 11.8 Å². The van der Waals surface area contributed by atoms with E-state index in [2.05, 4.69) is 30.5 Å². The number of nitrogens with zero attached hydrogens (tertiary/aromatic N) is 5. The number of carbonyl (C=O) groups excluding carboxylic acids is 2. The largest absolute Gasteiger partial charge is 0.476 e. The van der Waals surface area contributed by atoms with Crippen molar-refractivity contribution in [3.8, 4) is 5.75 Å². The van der Waals surface area contributed by atoms with Crippen LogP contribution in [-0.4, -0.2) is 71.0 Å². The Kier molecular flexibility index (Phi) is 5.33. The molecule has 4 heterocycles. The molecule has 0 spiro atoms. The van der Waals surface area contributed by atoms with Gasteiger partial charge in [-0.05, 0) is 18.9 Å². The van der Waals surface area contributed by atoms with E-state index in [1.807, 2.05) is 11.0 Å². The van der Waals surface area contributed by atoms with Crippen LogP contribution >= 0.6 is 0 Å². The zero-order valence-electron chi connectivity index (χ0n) is 17.7. The summed E-state index contributed by atoms with van der Waals surface area (Å²) in [5.41, 5.74) is 1.77. The van der Waals surface area contributed by atoms with Gasteiger partial charge < -0.3 is 20.3 Å². The third kappa shape index (κ3) is 4.07. The second-order valence-electron chi connectivity index (χ2n) is 8.25. The molecular weight excluding hydrogens is 417 g/mol. The van der Waals surface area contributed by atoms with Gasteiger partial charge in [0.1, 0.15) is 5.69 Å². The average Bonchev–Trinajstić information content (AvgIpc) is 3.64. The number of carbonyl (C=O) groups is 2. The monoisotopic (exact) mass is 441 g/mol. The number of halogens is 1. The molecule has 1 saturated heterocycles. The molecule has 32 heavy (non-hydrogen) atoms. The number of hydrogen-bond donors (Lipinski definition) is 2. The highest BCUT2D eigenvalue weighted by Crippen LogP contribution is 2.39. The maximum atomic E-state index is 14.4. The van der Waals surface area contributed by atoms with Gasteiger partial charge in [-0.3, -0.25) is 19.5 Å². The molecule has 2 fully saturated rings. The van der Waals surface area contributed by atoms with Crippen molar-refractivity contribution < 1.29 is 18.7 Å². The van der Waals surface area contributed by atoms with E-state index in [1.54, 1.807) is 6.20 Å². The van der Waals surface area contributed by atoms with Gasteiger partial charge >= 0.3 is 0 Å². The topological polar surface area (TPSA) is 113 Å². The zero-order chi connectivity index (χ0) is 22.2. The summed E-state index contributed by atoms with van der Waals surface area (Å²) < 4.78 is 20.3. The number of rotatable bonds is 5. The minimum atomic E-state index is -0.705. The van der Waals surface area contributed by atoms with Crippen molar-refractivity contribution >= 4 is 23.2 Å². The molecule has 0 radical (unpaired) electrons. The van der Waals surface area contributed by atoms with Crippen LogP contribution in [0.15, 0.2) is 18.5 Å². The molecule has 2 aliphatic heterocycles. The van der Waals surface area contributed by atoms with Crippen LogP contribution in [0.2, 0.25) is 0 Å². The van der Waals surface area contributed by atoms with Crippen molar-refractivity contribution in [2.24, 2.45) is 5.92 Å². The summed E-state index contributed by atoms with van der Waals surface area (Å²) in [6.45, 7) is 3.18. The number of hydrogen-bond acceptors (Lipinski definition) is 8. The van der Waals surface area contributed by atoms with Crippen LogP contribution in [0.4, 0.5) is 15.8 Å². The van der Waals surface area contributed by atoms with E-state index in [4.69, 9.17) is 4.74 Å². The molecule has 5 rings (SSSR count). The number of amides is 2. The van der Waals surface area contributed by atoms with E-state index in [1.165, 1.54) is 13.2 Å². The Labute approximate surface area is 184 Å². The summed E-state index contributed by atoms with van der Waals surface area (Å²) in [6, 6.07) is 1.85. The lowest BCUT2D eigenvalue weighted by Crippen LogP contribution is -2.46. The second kappa shape index (κ2) is 8.30. The first kappa shape index (κ1) is 20.6. The maximum absolute atomic E-state index is 14.4. The number of fused-ring (bicyclic) bond motifs is 1. The highest BCUT2D eigenvalue weighted by molar-refractivity contribution is 5.98. The van der Waals surface area contributed by atoms with Gasteiger partial charge in [-0.1, -0.05) is 0 Å². The zero-order valence-corrected chi connectivity index (χ0v) is 17.7. The van der Waals surface area contributed by atoms with E-state index in [-0.39, 0.29) is 17.4 Å². The van der Waals surface area contributed by atoms with Gasteiger partial charge in [0, 0.05) is 45.7 Å². The molecule has 0 bridgehead atoms. The molecule has 1 atom stereocenters. The third-order valence-corrected chi connectivity index (χ3v) is 6.00. The van der Waals surface area contributed by atoms with Crippen molar-refractivity contribution in [1.29, 1.82) is 0 Å². The Morgan fingerprint density at radius 2 is 2.03 bits per heavy atom. The number of aromatic nitrogens is 3. The maximum Gasteiger partial charge on any atom is 0.288 e. The molecule has 2 aromatic heterocycles. The first-order chi connectivity index (χ1) is 15.5. The molecule has 10 nitrogen and oxygen atoms in total. The molecule has 2 amide bonds. The molecule has 1 aliphatic carbocycles. The van der Waals surface area contributed by atoms with Crippen LogP contribution in [0.5, 0.6) is 5.75 Å². The Morgan fingerprint density at radius 1 is 1.25 bits per heavy atom. The molecule has 2 N–H and O–H groups in total. The van der Waals surface area contributed by atoms with Crippen LogP contribution in [-0.2, 0) is 11.3 Å². The van der Waals surface area contributed by atoms with E-state index in [9.17, 15) is 14.0 Å². The van der Waals surface area contributed by atoms with E-state index in [0.29, 0.717) is 50.1 Å². The summed E-state index contributed by atoms with van der Waals surface area (Å²) in [5, 5.41) is 5.33. The van der Waals surface area contributed by atoms with Crippen LogP contribution in [0.1, 0.15) is 29.2 Å². The lowest BCUT2D eigenvalue weighted by molar-refractivity contribution is -0.124. The van der Waals surface area contributed by atoms with E-state index >= 15 is 0 Å². The van der Waals surface area contributed by atoms with Crippen LogP contribution < -0.4 is 20.3 Å². The number of nitrogens with one attached hydrogen (secondary N) is 2. The average molecular weight is 441 g/mol. The van der Waals surface area contributed by atoms with Gasteiger partial charge in [-0.15, -0.1) is 0 Å². The lowest BCUT2D eigenvalue weighted by atomic mass is 10.1. The van der Waals surface area contributed by atoms with Gasteiger partial charge in [0.25, 0.3) is 11.8 Å². The minimum absolute atomic E-state index is 0.0857. The van der Waals surface area contributed by atoms with Gasteiger partial charge in [0.05, 0.1) is 23.8 Å². The number of piperazine rings is 1. The summed E-state index contributed by atoms with van der Waals surface area (Å²) in [6.07, 6.45) is 4.68. The molecule has 11 heteroatoms. The fraction of sp³-hybridized carbons (Fsp3) is 0.476. The van der Waals surface area contributed by atoms with Crippen molar-refractivity contribution in [3.05, 3.63) is 35.9 Å². The molecule has 0 aromatic carbocycles. The van der Waals surface area contributed by atoms with Crippen molar-refractivity contribution in [2.45, 2.75) is 25.5 Å². The smallest absolute Gasteiger partial charge is 0.288 e. The molecular formula is C21H24FN7O3. The Hall–Kier alpha value is -3.34. The third-order valence-electron chi connectivity index (χ3n) is 6.00.